The number of aryl methyl sites for hydroxylation is 3. The molecule has 0 unspecified atom stereocenters. The number of amides is 2. The first-order valence-corrected chi connectivity index (χ1v) is 9.61. The van der Waals surface area contributed by atoms with Crippen LogP contribution in [0, 0.1) is 20.8 Å². The largest absolute Gasteiger partial charge is 0.322 e. The van der Waals surface area contributed by atoms with E-state index in [4.69, 9.17) is 0 Å². The van der Waals surface area contributed by atoms with Gasteiger partial charge in [0.15, 0.2) is 0 Å². The van der Waals surface area contributed by atoms with Gasteiger partial charge in [-0.2, -0.15) is 0 Å². The van der Waals surface area contributed by atoms with Crippen LogP contribution >= 0.6 is 11.3 Å². The number of thiophene rings is 1. The third kappa shape index (κ3) is 4.33. The molecule has 0 radical (unpaired) electrons. The van der Waals surface area contributed by atoms with E-state index in [-0.39, 0.29) is 6.03 Å². The summed E-state index contributed by atoms with van der Waals surface area (Å²) in [6.45, 7) is 7.32. The molecule has 0 saturated heterocycles. The van der Waals surface area contributed by atoms with E-state index in [2.05, 4.69) is 35.8 Å². The van der Waals surface area contributed by atoms with Crippen LogP contribution in [-0.2, 0) is 13.1 Å². The van der Waals surface area contributed by atoms with Crippen molar-refractivity contribution in [3.05, 3.63) is 87.1 Å². The van der Waals surface area contributed by atoms with E-state index in [9.17, 15) is 4.79 Å². The second-order valence-corrected chi connectivity index (χ2v) is 7.57. The Bertz CT molecular complexity index is 866. The quantitative estimate of drug-likeness (QED) is 0.600. The van der Waals surface area contributed by atoms with E-state index < -0.39 is 0 Å². The lowest BCUT2D eigenvalue weighted by Crippen LogP contribution is -2.34. The third-order valence-corrected chi connectivity index (χ3v) is 5.53. The van der Waals surface area contributed by atoms with Crippen LogP contribution in [0.5, 0.6) is 0 Å². The molecule has 0 aliphatic heterocycles. The maximum absolute atomic E-state index is 13.1. The van der Waals surface area contributed by atoms with Gasteiger partial charge in [0.05, 0.1) is 6.54 Å². The second-order valence-electron chi connectivity index (χ2n) is 6.57. The highest BCUT2D eigenvalue weighted by atomic mass is 32.1. The Labute approximate surface area is 159 Å². The molecule has 3 rings (SSSR count). The zero-order valence-electron chi connectivity index (χ0n) is 15.5. The average Bonchev–Trinajstić information content (AvgIpc) is 3.03. The molecule has 2 aromatic carbocycles. The Morgan fingerprint density at radius 1 is 0.885 bits per heavy atom. The van der Waals surface area contributed by atoms with Crippen LogP contribution in [0.25, 0.3) is 0 Å². The van der Waals surface area contributed by atoms with Crippen LogP contribution < -0.4 is 5.32 Å². The van der Waals surface area contributed by atoms with Crippen molar-refractivity contribution in [3.8, 4) is 0 Å². The van der Waals surface area contributed by atoms with Gasteiger partial charge in [0.2, 0.25) is 0 Å². The molecular formula is C22H24N2OS. The van der Waals surface area contributed by atoms with Gasteiger partial charge in [-0.3, -0.25) is 0 Å². The second kappa shape index (κ2) is 8.19. The highest BCUT2D eigenvalue weighted by molar-refractivity contribution is 7.10. The van der Waals surface area contributed by atoms with Crippen molar-refractivity contribution in [2.45, 2.75) is 33.9 Å². The number of nitrogens with one attached hydrogen (secondary N) is 1. The van der Waals surface area contributed by atoms with Crippen LogP contribution in [0.1, 0.15) is 27.1 Å². The predicted octanol–water partition coefficient (Wildman–Crippen LogP) is 5.91. The molecule has 0 aliphatic rings. The zero-order valence-corrected chi connectivity index (χ0v) is 16.3. The number of hydrogen-bond donors (Lipinski definition) is 1. The van der Waals surface area contributed by atoms with E-state index in [1.54, 1.807) is 11.3 Å². The number of rotatable bonds is 5. The molecule has 2 amide bonds. The van der Waals surface area contributed by atoms with Gasteiger partial charge in [0.1, 0.15) is 0 Å². The zero-order chi connectivity index (χ0) is 18.5. The molecule has 0 aliphatic carbocycles. The Hall–Kier alpha value is -2.59. The first-order valence-electron chi connectivity index (χ1n) is 8.73. The Kier molecular flexibility index (Phi) is 5.74. The van der Waals surface area contributed by atoms with E-state index in [1.807, 2.05) is 55.1 Å². The number of benzene rings is 2. The molecule has 0 bridgehead atoms. The van der Waals surface area contributed by atoms with E-state index in [0.717, 1.165) is 22.4 Å². The van der Waals surface area contributed by atoms with Crippen molar-refractivity contribution < 1.29 is 4.79 Å². The first-order chi connectivity index (χ1) is 12.5. The van der Waals surface area contributed by atoms with Gasteiger partial charge in [-0.1, -0.05) is 48.5 Å². The lowest BCUT2D eigenvalue weighted by molar-refractivity contribution is 0.207. The molecule has 4 heteroatoms. The van der Waals surface area contributed by atoms with Gasteiger partial charge in [-0.15, -0.1) is 11.3 Å². The molecule has 0 saturated carbocycles. The van der Waals surface area contributed by atoms with Crippen LogP contribution in [-0.4, -0.2) is 10.9 Å². The van der Waals surface area contributed by atoms with Crippen molar-refractivity contribution in [2.24, 2.45) is 0 Å². The minimum Gasteiger partial charge on any atom is -0.315 e. The Morgan fingerprint density at radius 2 is 1.58 bits per heavy atom. The molecule has 3 nitrogen and oxygen atoms in total. The highest BCUT2D eigenvalue weighted by Crippen LogP contribution is 2.23. The molecule has 1 heterocycles. The highest BCUT2D eigenvalue weighted by Gasteiger charge is 2.18. The van der Waals surface area contributed by atoms with Gasteiger partial charge < -0.3 is 10.2 Å². The van der Waals surface area contributed by atoms with Crippen LogP contribution in [0.15, 0.2) is 60.0 Å². The van der Waals surface area contributed by atoms with E-state index in [0.29, 0.717) is 13.1 Å². The summed E-state index contributed by atoms with van der Waals surface area (Å²) in [5.74, 6) is 0. The van der Waals surface area contributed by atoms with E-state index >= 15 is 0 Å². The number of carbonyl (C=O) groups excluding carboxylic acids is 1. The number of hydrogen-bond acceptors (Lipinski definition) is 2. The molecule has 1 aromatic heterocycles. The molecule has 134 valence electrons. The fourth-order valence-corrected chi connectivity index (χ4v) is 3.86. The minimum atomic E-state index is -0.0703. The molecule has 3 aromatic rings. The maximum Gasteiger partial charge on any atom is 0.322 e. The summed E-state index contributed by atoms with van der Waals surface area (Å²) in [5.41, 5.74) is 5.40. The van der Waals surface area contributed by atoms with Gasteiger partial charge in [-0.25, -0.2) is 4.79 Å². The van der Waals surface area contributed by atoms with E-state index in [1.165, 1.54) is 10.4 Å². The maximum atomic E-state index is 13.1. The Balaban J connectivity index is 1.84. The fraction of sp³-hybridized carbons (Fsp3) is 0.227. The van der Waals surface area contributed by atoms with Crippen LogP contribution in [0.2, 0.25) is 0 Å². The number of urea groups is 1. The van der Waals surface area contributed by atoms with Gasteiger partial charge in [0.25, 0.3) is 0 Å². The first kappa shape index (κ1) is 18.2. The lowest BCUT2D eigenvalue weighted by Gasteiger charge is -2.24. The third-order valence-electron chi connectivity index (χ3n) is 4.52. The summed E-state index contributed by atoms with van der Waals surface area (Å²) < 4.78 is 0. The summed E-state index contributed by atoms with van der Waals surface area (Å²) in [6.07, 6.45) is 0. The summed E-state index contributed by atoms with van der Waals surface area (Å²) in [5, 5.41) is 5.20. The normalized spacial score (nSPS) is 10.6. The number of anilines is 1. The van der Waals surface area contributed by atoms with Gasteiger partial charge >= 0.3 is 6.03 Å². The topological polar surface area (TPSA) is 32.3 Å². The SMILES string of the molecule is Cc1ccsc1CN(Cc1ccccc1)C(=O)Nc1c(C)cccc1C. The molecular weight excluding hydrogens is 340 g/mol. The summed E-state index contributed by atoms with van der Waals surface area (Å²) in [7, 11) is 0. The minimum absolute atomic E-state index is 0.0703. The van der Waals surface area contributed by atoms with Crippen LogP contribution in [0.4, 0.5) is 10.5 Å². The van der Waals surface area contributed by atoms with Crippen molar-refractivity contribution in [1.82, 2.24) is 4.90 Å². The monoisotopic (exact) mass is 364 g/mol. The van der Waals surface area contributed by atoms with Crippen molar-refractivity contribution in [1.29, 1.82) is 0 Å². The molecule has 0 spiro atoms. The van der Waals surface area contributed by atoms with Crippen molar-refractivity contribution in [2.75, 3.05) is 5.32 Å². The van der Waals surface area contributed by atoms with Gasteiger partial charge in [0, 0.05) is 17.1 Å². The van der Waals surface area contributed by atoms with Crippen LogP contribution in [0.3, 0.4) is 0 Å². The summed E-state index contributed by atoms with van der Waals surface area (Å²) in [4.78, 5) is 16.2. The number of nitrogens with zero attached hydrogens (tertiary/aromatic N) is 1. The predicted molar refractivity (Wildman–Crippen MR) is 110 cm³/mol. The molecule has 0 atom stereocenters. The number of carbonyl (C=O) groups is 1. The molecule has 1 N–H and O–H groups in total. The number of para-hydroxylation sites is 1. The van der Waals surface area contributed by atoms with Gasteiger partial charge in [-0.05, 0) is 54.5 Å². The molecule has 26 heavy (non-hydrogen) atoms. The Morgan fingerprint density at radius 3 is 2.19 bits per heavy atom. The van der Waals surface area contributed by atoms with Crippen molar-refractivity contribution in [3.63, 3.8) is 0 Å². The summed E-state index contributed by atoms with van der Waals surface area (Å²) >= 11 is 1.70. The fourth-order valence-electron chi connectivity index (χ4n) is 2.94. The molecule has 0 fully saturated rings. The standard InChI is InChI=1S/C22H24N2OS/c1-16-12-13-26-20(16)15-24(14-19-10-5-4-6-11-19)22(25)23-21-17(2)8-7-9-18(21)3/h4-13H,14-15H2,1-3H3,(H,23,25). The lowest BCUT2D eigenvalue weighted by atomic mass is 10.1. The summed E-state index contributed by atoms with van der Waals surface area (Å²) in [6, 6.07) is 18.2. The van der Waals surface area contributed by atoms with Crippen molar-refractivity contribution >= 4 is 23.1 Å². The smallest absolute Gasteiger partial charge is 0.315 e. The average molecular weight is 365 g/mol.